The highest BCUT2D eigenvalue weighted by Gasteiger charge is 2.64. The topological polar surface area (TPSA) is 44.8 Å². The van der Waals surface area contributed by atoms with Crippen molar-refractivity contribution < 1.29 is 31.9 Å². The molecule has 0 saturated heterocycles. The zero-order valence-electron chi connectivity index (χ0n) is 17.7. The second kappa shape index (κ2) is 9.33. The number of terminal acetylenes is 1. The summed E-state index contributed by atoms with van der Waals surface area (Å²) in [6.45, 7) is 10.4. The van der Waals surface area contributed by atoms with E-state index >= 15 is 0 Å². The number of methoxy groups -OCH3 is 1. The van der Waals surface area contributed by atoms with E-state index in [0.29, 0.717) is 0 Å². The van der Waals surface area contributed by atoms with E-state index in [2.05, 4.69) is 26.7 Å². The Morgan fingerprint density at radius 1 is 1.17 bits per heavy atom. The number of carbonyl (C=O) groups excluding carboxylic acids is 1. The van der Waals surface area contributed by atoms with Crippen LogP contribution in [-0.2, 0) is 24.3 Å². The Morgan fingerprint density at radius 3 is 2.14 bits per heavy atom. The van der Waals surface area contributed by atoms with E-state index in [-0.39, 0.29) is 23.6 Å². The van der Waals surface area contributed by atoms with Crippen molar-refractivity contribution in [1.82, 2.24) is 0 Å². The molecule has 0 aliphatic rings. The molecule has 0 aliphatic heterocycles. The van der Waals surface area contributed by atoms with E-state index in [1.165, 1.54) is 18.2 Å². The summed E-state index contributed by atoms with van der Waals surface area (Å²) in [6.07, 6.45) is -0.738. The average Bonchev–Trinajstić information content (AvgIpc) is 2.60. The fourth-order valence-electron chi connectivity index (χ4n) is 2.41. The molecule has 0 fully saturated rings. The van der Waals surface area contributed by atoms with E-state index in [1.54, 1.807) is 0 Å². The Hall–Kier alpha value is -1.82. The zero-order chi connectivity index (χ0) is 22.5. The Morgan fingerprint density at radius 2 is 1.72 bits per heavy atom. The molecule has 0 heterocycles. The molecule has 2 atom stereocenters. The quantitative estimate of drug-likeness (QED) is 0.329. The van der Waals surface area contributed by atoms with Crippen LogP contribution in [0.5, 0.6) is 0 Å². The first-order valence-corrected chi connectivity index (χ1v) is 12.1. The molecule has 0 saturated carbocycles. The summed E-state index contributed by atoms with van der Waals surface area (Å²) < 4.78 is 57.5. The monoisotopic (exact) mass is 430 g/mol. The molecular formula is C21H29F3O4Si. The van der Waals surface area contributed by atoms with Crippen LogP contribution < -0.4 is 0 Å². The van der Waals surface area contributed by atoms with Gasteiger partial charge < -0.3 is 13.9 Å². The summed E-state index contributed by atoms with van der Waals surface area (Å²) in [7, 11) is -1.25. The number of rotatable bonds is 8. The van der Waals surface area contributed by atoms with Crippen molar-refractivity contribution >= 4 is 14.3 Å². The number of halogens is 3. The maximum atomic E-state index is 13.9. The number of carbonyl (C=O) groups is 1. The molecule has 1 rings (SSSR count). The van der Waals surface area contributed by atoms with Crippen LogP contribution in [0.3, 0.4) is 0 Å². The Kier molecular flexibility index (Phi) is 8.11. The van der Waals surface area contributed by atoms with Gasteiger partial charge in [-0.2, -0.15) is 13.2 Å². The van der Waals surface area contributed by atoms with Crippen LogP contribution in [0.2, 0.25) is 18.1 Å². The third-order valence-electron chi connectivity index (χ3n) is 5.26. The van der Waals surface area contributed by atoms with Crippen molar-refractivity contribution in [2.24, 2.45) is 0 Å². The Bertz CT molecular complexity index is 720. The van der Waals surface area contributed by atoms with Gasteiger partial charge in [-0.1, -0.05) is 57.0 Å². The van der Waals surface area contributed by atoms with E-state index < -0.39 is 32.2 Å². The van der Waals surface area contributed by atoms with Crippen LogP contribution in [0.25, 0.3) is 0 Å². The molecule has 0 bridgehead atoms. The number of hydrogen-bond donors (Lipinski definition) is 0. The number of alkyl halides is 3. The van der Waals surface area contributed by atoms with Crippen molar-refractivity contribution in [2.45, 2.75) is 63.2 Å². The zero-order valence-corrected chi connectivity index (χ0v) is 18.7. The second-order valence-electron chi connectivity index (χ2n) is 8.21. The predicted octanol–water partition coefficient (Wildman–Crippen LogP) is 5.05. The summed E-state index contributed by atoms with van der Waals surface area (Å²) in [6, 6.07) is 6.61. The molecule has 0 unspecified atom stereocenters. The molecule has 0 amide bonds. The van der Waals surface area contributed by atoms with Crippen molar-refractivity contribution in [3.8, 4) is 12.3 Å². The highest BCUT2D eigenvalue weighted by molar-refractivity contribution is 6.74. The fourth-order valence-corrected chi connectivity index (χ4v) is 3.47. The highest BCUT2D eigenvalue weighted by Crippen LogP contribution is 2.43. The van der Waals surface area contributed by atoms with E-state index in [1.807, 2.05) is 13.1 Å². The van der Waals surface area contributed by atoms with Crippen LogP contribution in [-0.4, -0.2) is 40.3 Å². The van der Waals surface area contributed by atoms with Crippen LogP contribution in [0.15, 0.2) is 30.3 Å². The molecule has 162 valence electrons. The second-order valence-corrected chi connectivity index (χ2v) is 13.0. The van der Waals surface area contributed by atoms with Crippen molar-refractivity contribution in [1.29, 1.82) is 0 Å². The lowest BCUT2D eigenvalue weighted by molar-refractivity contribution is -0.277. The van der Waals surface area contributed by atoms with Gasteiger partial charge in [0, 0.05) is 25.7 Å². The van der Waals surface area contributed by atoms with Crippen LogP contribution in [0, 0.1) is 12.3 Å². The molecule has 0 spiro atoms. The van der Waals surface area contributed by atoms with E-state index in [9.17, 15) is 18.0 Å². The first-order valence-electron chi connectivity index (χ1n) is 9.21. The standard InChI is InChI=1S/C21H29F3O4Si/c1-8-17(14-15-27-29(6,7)19(2,3)4)28-18(25)20(26-5,21(22,23)24)16-12-10-9-11-13-16/h1,9-13,17H,14-15H2,2-7H3/t17-,20-/m0/s1. The van der Waals surface area contributed by atoms with Gasteiger partial charge in [0.15, 0.2) is 14.4 Å². The highest BCUT2D eigenvalue weighted by atomic mass is 28.4. The lowest BCUT2D eigenvalue weighted by Crippen LogP contribution is -2.52. The summed E-state index contributed by atoms with van der Waals surface area (Å²) in [4.78, 5) is 12.6. The number of benzene rings is 1. The van der Waals surface area contributed by atoms with Gasteiger partial charge in [-0.25, -0.2) is 4.79 Å². The number of esters is 1. The van der Waals surface area contributed by atoms with Crippen molar-refractivity contribution in [3.63, 3.8) is 0 Å². The minimum Gasteiger partial charge on any atom is -0.446 e. The van der Waals surface area contributed by atoms with Crippen LogP contribution in [0.1, 0.15) is 32.8 Å². The molecule has 1 aromatic rings. The summed E-state index contributed by atoms with van der Waals surface area (Å²) in [5.41, 5.74) is -3.64. The molecule has 29 heavy (non-hydrogen) atoms. The van der Waals surface area contributed by atoms with Gasteiger partial charge in [0.25, 0.3) is 5.60 Å². The maximum Gasteiger partial charge on any atom is 0.432 e. The minimum absolute atomic E-state index is 0.0376. The predicted molar refractivity (Wildman–Crippen MR) is 108 cm³/mol. The number of hydrogen-bond acceptors (Lipinski definition) is 4. The van der Waals surface area contributed by atoms with Crippen molar-refractivity contribution in [2.75, 3.05) is 13.7 Å². The maximum absolute atomic E-state index is 13.9. The summed E-state index contributed by atoms with van der Waals surface area (Å²) in [5, 5.41) is -0.0376. The SMILES string of the molecule is C#C[C@@H](CCO[Si](C)(C)C(C)(C)C)OC(=O)[C@@](OC)(c1ccccc1)C(F)(F)F. The van der Waals surface area contributed by atoms with Gasteiger partial charge in [0.1, 0.15) is 0 Å². The third kappa shape index (κ3) is 5.62. The smallest absolute Gasteiger partial charge is 0.432 e. The fraction of sp³-hybridized carbons (Fsp3) is 0.571. The molecule has 0 aromatic heterocycles. The van der Waals surface area contributed by atoms with E-state index in [0.717, 1.165) is 19.2 Å². The average molecular weight is 431 g/mol. The van der Waals surface area contributed by atoms with Gasteiger partial charge >= 0.3 is 12.1 Å². The largest absolute Gasteiger partial charge is 0.446 e. The molecule has 0 aliphatic carbocycles. The van der Waals surface area contributed by atoms with Crippen molar-refractivity contribution in [3.05, 3.63) is 35.9 Å². The van der Waals surface area contributed by atoms with Crippen LogP contribution in [0.4, 0.5) is 13.2 Å². The third-order valence-corrected chi connectivity index (χ3v) is 9.80. The van der Waals surface area contributed by atoms with Gasteiger partial charge in [-0.3, -0.25) is 0 Å². The van der Waals surface area contributed by atoms with Gasteiger partial charge in [0.2, 0.25) is 0 Å². The van der Waals surface area contributed by atoms with Gasteiger partial charge in [-0.05, 0) is 18.1 Å². The first kappa shape index (κ1) is 25.2. The molecule has 0 radical (unpaired) electrons. The minimum atomic E-state index is -5.04. The Balaban J connectivity index is 3.00. The number of ether oxygens (including phenoxy) is 2. The summed E-state index contributed by atoms with van der Waals surface area (Å²) >= 11 is 0. The molecule has 0 N–H and O–H groups in total. The normalized spacial score (nSPS) is 15.9. The van der Waals surface area contributed by atoms with Crippen LogP contribution >= 0.6 is 0 Å². The Labute approximate surface area is 171 Å². The van der Waals surface area contributed by atoms with Gasteiger partial charge in [0.05, 0.1) is 0 Å². The molecular weight excluding hydrogens is 401 g/mol. The molecule has 4 nitrogen and oxygen atoms in total. The van der Waals surface area contributed by atoms with Gasteiger partial charge in [-0.15, -0.1) is 6.42 Å². The van der Waals surface area contributed by atoms with E-state index in [4.69, 9.17) is 20.3 Å². The lowest BCUT2D eigenvalue weighted by atomic mass is 9.92. The lowest BCUT2D eigenvalue weighted by Gasteiger charge is -2.36. The molecule has 1 aromatic carbocycles. The molecule has 8 heteroatoms. The first-order chi connectivity index (χ1) is 13.2. The summed E-state index contributed by atoms with van der Waals surface area (Å²) in [5.74, 6) is 0.624.